The predicted molar refractivity (Wildman–Crippen MR) is 65.4 cm³/mol. The van der Waals surface area contributed by atoms with E-state index in [0.717, 1.165) is 12.5 Å². The Balaban J connectivity index is 0.000000557. The number of rotatable bonds is 3. The Hall–Kier alpha value is -2.10. The fraction of sp³-hybridized carbons (Fsp3) is 0.231. The highest BCUT2D eigenvalue weighted by atomic mass is 16.5. The average Bonchev–Trinajstić information content (AvgIpc) is 2.27. The van der Waals surface area contributed by atoms with Crippen LogP contribution in [0, 0.1) is 0 Å². The summed E-state index contributed by atoms with van der Waals surface area (Å²) in [6, 6.07) is 9.63. The van der Waals surface area contributed by atoms with Crippen LogP contribution >= 0.6 is 0 Å². The first kappa shape index (κ1) is 14.9. The van der Waals surface area contributed by atoms with Gasteiger partial charge in [0.1, 0.15) is 0 Å². The number of aliphatic carboxylic acids is 1. The predicted octanol–water partition coefficient (Wildman–Crippen LogP) is 2.35. The largest absolute Gasteiger partial charge is 0.481 e. The van der Waals surface area contributed by atoms with Crippen LogP contribution in [0.4, 0.5) is 0 Å². The van der Waals surface area contributed by atoms with Gasteiger partial charge in [-0.25, -0.2) is 4.79 Å². The molecule has 0 saturated carbocycles. The van der Waals surface area contributed by atoms with Crippen LogP contribution < -0.4 is 0 Å². The molecule has 1 aromatic carbocycles. The second kappa shape index (κ2) is 9.15. The van der Waals surface area contributed by atoms with E-state index in [4.69, 9.17) is 14.6 Å². The molecule has 0 aliphatic carbocycles. The molecule has 0 aliphatic rings. The fourth-order valence-electron chi connectivity index (χ4n) is 0.919. The summed E-state index contributed by atoms with van der Waals surface area (Å²) in [5.41, 5.74) is 0.996. The summed E-state index contributed by atoms with van der Waals surface area (Å²) in [5.74, 6) is -1.13. The monoisotopic (exact) mass is 236 g/mol. The zero-order valence-electron chi connectivity index (χ0n) is 9.92. The zero-order chi connectivity index (χ0) is 13.1. The number of hydrogen-bond acceptors (Lipinski definition) is 3. The summed E-state index contributed by atoms with van der Waals surface area (Å²) >= 11 is 0. The van der Waals surface area contributed by atoms with E-state index in [1.54, 1.807) is 13.0 Å². The van der Waals surface area contributed by atoms with Gasteiger partial charge in [0.25, 0.3) is 5.97 Å². The van der Waals surface area contributed by atoms with Crippen molar-refractivity contribution in [3.05, 3.63) is 42.0 Å². The summed E-state index contributed by atoms with van der Waals surface area (Å²) in [6.45, 7) is 3.28. The average molecular weight is 236 g/mol. The number of carbonyl (C=O) groups is 2. The summed E-state index contributed by atoms with van der Waals surface area (Å²) in [7, 11) is 0. The molecule has 0 aliphatic heterocycles. The van der Waals surface area contributed by atoms with Gasteiger partial charge in [0.15, 0.2) is 0 Å². The van der Waals surface area contributed by atoms with E-state index in [1.807, 2.05) is 30.3 Å². The SMILES string of the molecule is CC(=O)O.CCOC(=O)/C=C/c1ccccc1. The number of hydrogen-bond donors (Lipinski definition) is 1. The lowest BCUT2D eigenvalue weighted by molar-refractivity contribution is -0.137. The molecule has 0 bridgehead atoms. The molecule has 0 unspecified atom stereocenters. The lowest BCUT2D eigenvalue weighted by Gasteiger charge is -1.94. The number of ether oxygens (including phenoxy) is 1. The van der Waals surface area contributed by atoms with Crippen LogP contribution in [0.15, 0.2) is 36.4 Å². The van der Waals surface area contributed by atoms with Gasteiger partial charge in [-0.2, -0.15) is 0 Å². The van der Waals surface area contributed by atoms with Crippen molar-refractivity contribution in [2.75, 3.05) is 6.61 Å². The molecule has 1 rings (SSSR count). The molecule has 92 valence electrons. The van der Waals surface area contributed by atoms with E-state index < -0.39 is 5.97 Å². The molecule has 4 nitrogen and oxygen atoms in total. The maximum Gasteiger partial charge on any atom is 0.330 e. The van der Waals surface area contributed by atoms with Crippen molar-refractivity contribution >= 4 is 18.0 Å². The van der Waals surface area contributed by atoms with Crippen molar-refractivity contribution in [1.82, 2.24) is 0 Å². The van der Waals surface area contributed by atoms with E-state index >= 15 is 0 Å². The third kappa shape index (κ3) is 10.2. The topological polar surface area (TPSA) is 63.6 Å². The van der Waals surface area contributed by atoms with E-state index in [9.17, 15) is 4.79 Å². The Morgan fingerprint density at radius 1 is 1.29 bits per heavy atom. The molecule has 0 spiro atoms. The summed E-state index contributed by atoms with van der Waals surface area (Å²) in [4.78, 5) is 19.9. The van der Waals surface area contributed by atoms with Crippen molar-refractivity contribution in [1.29, 1.82) is 0 Å². The Bertz CT molecular complexity index is 364. The molecular weight excluding hydrogens is 220 g/mol. The van der Waals surface area contributed by atoms with Gasteiger partial charge in [-0.3, -0.25) is 4.79 Å². The first-order valence-electron chi connectivity index (χ1n) is 5.15. The number of carbonyl (C=O) groups excluding carboxylic acids is 1. The lowest BCUT2D eigenvalue weighted by Crippen LogP contribution is -1.98. The maximum atomic E-state index is 10.9. The van der Waals surface area contributed by atoms with Crippen LogP contribution in [0.2, 0.25) is 0 Å². The first-order valence-corrected chi connectivity index (χ1v) is 5.15. The minimum atomic E-state index is -0.833. The Morgan fingerprint density at radius 3 is 2.29 bits per heavy atom. The molecule has 0 saturated heterocycles. The van der Waals surface area contributed by atoms with Crippen molar-refractivity contribution in [3.63, 3.8) is 0 Å². The lowest BCUT2D eigenvalue weighted by atomic mass is 10.2. The molecule has 0 fully saturated rings. The van der Waals surface area contributed by atoms with Crippen molar-refractivity contribution in [2.45, 2.75) is 13.8 Å². The molecular formula is C13H16O4. The molecule has 1 aromatic rings. The standard InChI is InChI=1S/C11H12O2.C2H4O2/c1-2-13-11(12)9-8-10-6-4-3-5-7-10;1-2(3)4/h3-9H,2H2,1H3;1H3,(H,3,4)/b9-8+;. The van der Waals surface area contributed by atoms with Gasteiger partial charge >= 0.3 is 5.97 Å². The van der Waals surface area contributed by atoms with Crippen LogP contribution in [0.3, 0.4) is 0 Å². The van der Waals surface area contributed by atoms with Crippen LogP contribution in [-0.4, -0.2) is 23.7 Å². The van der Waals surface area contributed by atoms with Gasteiger partial charge in [0.2, 0.25) is 0 Å². The van der Waals surface area contributed by atoms with Crippen molar-refractivity contribution in [3.8, 4) is 0 Å². The van der Waals surface area contributed by atoms with Crippen LogP contribution in [-0.2, 0) is 14.3 Å². The van der Waals surface area contributed by atoms with Gasteiger partial charge in [-0.1, -0.05) is 30.3 Å². The summed E-state index contributed by atoms with van der Waals surface area (Å²) in [5, 5.41) is 7.42. The highest BCUT2D eigenvalue weighted by molar-refractivity contribution is 5.86. The zero-order valence-corrected chi connectivity index (χ0v) is 9.92. The molecule has 0 heterocycles. The highest BCUT2D eigenvalue weighted by Gasteiger charge is 1.92. The third-order valence-electron chi connectivity index (χ3n) is 1.50. The summed E-state index contributed by atoms with van der Waals surface area (Å²) in [6.07, 6.45) is 3.16. The number of benzene rings is 1. The van der Waals surface area contributed by atoms with Gasteiger partial charge in [-0.05, 0) is 18.6 Å². The third-order valence-corrected chi connectivity index (χ3v) is 1.50. The van der Waals surface area contributed by atoms with Gasteiger partial charge < -0.3 is 9.84 Å². The quantitative estimate of drug-likeness (QED) is 0.646. The fourth-order valence-corrected chi connectivity index (χ4v) is 0.919. The van der Waals surface area contributed by atoms with Crippen LogP contribution in [0.25, 0.3) is 6.08 Å². The molecule has 0 amide bonds. The Morgan fingerprint density at radius 2 is 1.82 bits per heavy atom. The molecule has 1 N–H and O–H groups in total. The highest BCUT2D eigenvalue weighted by Crippen LogP contribution is 2.00. The van der Waals surface area contributed by atoms with E-state index in [-0.39, 0.29) is 5.97 Å². The van der Waals surface area contributed by atoms with E-state index in [0.29, 0.717) is 6.61 Å². The maximum absolute atomic E-state index is 10.9. The van der Waals surface area contributed by atoms with Crippen molar-refractivity contribution < 1.29 is 19.4 Å². The minimum Gasteiger partial charge on any atom is -0.481 e. The minimum absolute atomic E-state index is 0.300. The van der Waals surface area contributed by atoms with Gasteiger partial charge in [0, 0.05) is 13.0 Å². The van der Waals surface area contributed by atoms with E-state index in [1.165, 1.54) is 6.08 Å². The molecule has 0 atom stereocenters. The smallest absolute Gasteiger partial charge is 0.330 e. The summed E-state index contributed by atoms with van der Waals surface area (Å²) < 4.78 is 4.74. The first-order chi connectivity index (χ1) is 8.06. The number of carboxylic acid groups (broad SMARTS) is 1. The van der Waals surface area contributed by atoms with Gasteiger partial charge in [-0.15, -0.1) is 0 Å². The van der Waals surface area contributed by atoms with Crippen LogP contribution in [0.5, 0.6) is 0 Å². The molecule has 4 heteroatoms. The number of esters is 1. The van der Waals surface area contributed by atoms with Gasteiger partial charge in [0.05, 0.1) is 6.61 Å². The second-order valence-electron chi connectivity index (χ2n) is 3.02. The van der Waals surface area contributed by atoms with Crippen LogP contribution in [0.1, 0.15) is 19.4 Å². The Labute approximate surface area is 101 Å². The molecule has 0 radical (unpaired) electrons. The molecule has 0 aromatic heterocycles. The number of carboxylic acids is 1. The van der Waals surface area contributed by atoms with Crippen molar-refractivity contribution in [2.24, 2.45) is 0 Å². The normalized spacial score (nSPS) is 9.29. The second-order valence-corrected chi connectivity index (χ2v) is 3.02. The van der Waals surface area contributed by atoms with E-state index in [2.05, 4.69) is 0 Å². The Kier molecular flexibility index (Phi) is 8.02. The molecule has 17 heavy (non-hydrogen) atoms.